The van der Waals surface area contributed by atoms with E-state index in [1.807, 2.05) is 65.2 Å². The summed E-state index contributed by atoms with van der Waals surface area (Å²) in [4.78, 5) is 14.6. The Hall–Kier alpha value is -2.11. The van der Waals surface area contributed by atoms with E-state index in [-0.39, 0.29) is 11.9 Å². The van der Waals surface area contributed by atoms with E-state index >= 15 is 0 Å². The maximum absolute atomic E-state index is 12.8. The van der Waals surface area contributed by atoms with Gasteiger partial charge in [-0.15, -0.1) is 0 Å². The fraction of sp³-hybridized carbons (Fsp3) is 0.389. The van der Waals surface area contributed by atoms with Gasteiger partial charge in [-0.25, -0.2) is 0 Å². The third-order valence-electron chi connectivity index (χ3n) is 4.33. The maximum atomic E-state index is 12.8. The fourth-order valence-corrected chi connectivity index (χ4v) is 3.02. The summed E-state index contributed by atoms with van der Waals surface area (Å²) in [5, 5.41) is 10.5. The Kier molecular flexibility index (Phi) is 4.79. The Morgan fingerprint density at radius 1 is 1.30 bits per heavy atom. The van der Waals surface area contributed by atoms with Gasteiger partial charge in [-0.2, -0.15) is 0 Å². The zero-order chi connectivity index (χ0) is 16.2. The van der Waals surface area contributed by atoms with Crippen LogP contribution in [0, 0.1) is 0 Å². The molecule has 122 valence electrons. The van der Waals surface area contributed by atoms with Gasteiger partial charge in [0.1, 0.15) is 5.69 Å². The Bertz CT molecular complexity index is 653. The molecule has 2 atom stereocenters. The van der Waals surface area contributed by atoms with E-state index < -0.39 is 6.10 Å². The van der Waals surface area contributed by atoms with Gasteiger partial charge in [0.2, 0.25) is 0 Å². The fourth-order valence-electron chi connectivity index (χ4n) is 3.02. The summed E-state index contributed by atoms with van der Waals surface area (Å²) in [5.41, 5.74) is 1.52. The summed E-state index contributed by atoms with van der Waals surface area (Å²) < 4.78 is 7.36. The van der Waals surface area contributed by atoms with Crippen LogP contribution in [0.25, 0.3) is 0 Å². The second-order valence-corrected chi connectivity index (χ2v) is 5.89. The van der Waals surface area contributed by atoms with Gasteiger partial charge in [-0.05, 0) is 17.7 Å². The van der Waals surface area contributed by atoms with Crippen LogP contribution in [-0.4, -0.2) is 46.3 Å². The molecule has 3 rings (SSSR count). The van der Waals surface area contributed by atoms with Gasteiger partial charge in [0.15, 0.2) is 0 Å². The quantitative estimate of drug-likeness (QED) is 0.939. The Labute approximate surface area is 136 Å². The molecule has 1 amide bonds. The van der Waals surface area contributed by atoms with E-state index in [4.69, 9.17) is 4.74 Å². The monoisotopic (exact) mass is 314 g/mol. The van der Waals surface area contributed by atoms with E-state index in [1.165, 1.54) is 0 Å². The zero-order valence-electron chi connectivity index (χ0n) is 13.3. The van der Waals surface area contributed by atoms with Crippen LogP contribution in [0.2, 0.25) is 0 Å². The van der Waals surface area contributed by atoms with Gasteiger partial charge in [-0.3, -0.25) is 4.79 Å². The summed E-state index contributed by atoms with van der Waals surface area (Å²) in [6.45, 7) is 1.55. The number of morpholine rings is 1. The van der Waals surface area contributed by atoms with Crippen LogP contribution in [0.1, 0.15) is 28.6 Å². The zero-order valence-corrected chi connectivity index (χ0v) is 13.3. The van der Waals surface area contributed by atoms with Crippen molar-refractivity contribution >= 4 is 5.91 Å². The summed E-state index contributed by atoms with van der Waals surface area (Å²) in [7, 11) is 1.86. The average molecular weight is 314 g/mol. The van der Waals surface area contributed by atoms with Gasteiger partial charge in [0.25, 0.3) is 5.91 Å². The molecular formula is C18H22N2O3. The molecule has 1 saturated heterocycles. The van der Waals surface area contributed by atoms with Crippen molar-refractivity contribution in [2.75, 3.05) is 19.8 Å². The summed E-state index contributed by atoms with van der Waals surface area (Å²) >= 11 is 0. The van der Waals surface area contributed by atoms with Gasteiger partial charge in [0, 0.05) is 26.2 Å². The third-order valence-corrected chi connectivity index (χ3v) is 4.33. The first kappa shape index (κ1) is 15.8. The normalized spacial score (nSPS) is 19.6. The number of carbonyl (C=O) groups excluding carboxylic acids is 1. The van der Waals surface area contributed by atoms with Gasteiger partial charge < -0.3 is 19.3 Å². The van der Waals surface area contributed by atoms with Gasteiger partial charge in [-0.1, -0.05) is 30.3 Å². The van der Waals surface area contributed by atoms with Crippen LogP contribution in [0.3, 0.4) is 0 Å². The van der Waals surface area contributed by atoms with E-state index in [1.54, 1.807) is 0 Å². The predicted molar refractivity (Wildman–Crippen MR) is 87.1 cm³/mol. The first-order valence-electron chi connectivity index (χ1n) is 7.90. The predicted octanol–water partition coefficient (Wildman–Crippen LogP) is 1.99. The van der Waals surface area contributed by atoms with Crippen molar-refractivity contribution in [3.8, 4) is 0 Å². The van der Waals surface area contributed by atoms with Crippen molar-refractivity contribution in [3.05, 3.63) is 59.9 Å². The third kappa shape index (κ3) is 3.46. The minimum absolute atomic E-state index is 0.00828. The minimum Gasteiger partial charge on any atom is -0.388 e. The molecule has 0 aliphatic carbocycles. The summed E-state index contributed by atoms with van der Waals surface area (Å²) in [6.07, 6.45) is 1.73. The largest absolute Gasteiger partial charge is 0.388 e. The van der Waals surface area contributed by atoms with Crippen molar-refractivity contribution < 1.29 is 14.6 Å². The first-order chi connectivity index (χ1) is 11.2. The van der Waals surface area contributed by atoms with Gasteiger partial charge >= 0.3 is 0 Å². The number of hydrogen-bond donors (Lipinski definition) is 1. The Morgan fingerprint density at radius 3 is 2.78 bits per heavy atom. The number of nitrogens with zero attached hydrogens (tertiary/aromatic N) is 2. The lowest BCUT2D eigenvalue weighted by Crippen LogP contribution is -2.49. The number of carbonyl (C=O) groups is 1. The highest BCUT2D eigenvalue weighted by molar-refractivity contribution is 5.93. The Balaban J connectivity index is 1.74. The minimum atomic E-state index is -0.605. The molecule has 0 radical (unpaired) electrons. The van der Waals surface area contributed by atoms with Crippen molar-refractivity contribution in [1.82, 2.24) is 9.47 Å². The van der Waals surface area contributed by atoms with Gasteiger partial charge in [0.05, 0.1) is 25.4 Å². The molecule has 23 heavy (non-hydrogen) atoms. The molecule has 2 aromatic rings. The average Bonchev–Trinajstić information content (AvgIpc) is 3.01. The van der Waals surface area contributed by atoms with E-state index in [0.717, 1.165) is 5.56 Å². The standard InChI is InChI=1S/C18H22N2O3/c1-19-9-5-8-16(19)18(22)20-10-11-23-13-15(20)12-17(21)14-6-3-2-4-7-14/h2-9,15,17,21H,10-13H2,1H3. The second kappa shape index (κ2) is 6.98. The van der Waals surface area contributed by atoms with Crippen LogP contribution in [0.5, 0.6) is 0 Å². The molecular weight excluding hydrogens is 292 g/mol. The highest BCUT2D eigenvalue weighted by Gasteiger charge is 2.30. The molecule has 1 fully saturated rings. The molecule has 0 spiro atoms. The summed E-state index contributed by atoms with van der Waals surface area (Å²) in [6, 6.07) is 13.1. The van der Waals surface area contributed by atoms with Crippen LogP contribution in [-0.2, 0) is 11.8 Å². The number of aromatic nitrogens is 1. The first-order valence-corrected chi connectivity index (χ1v) is 7.90. The molecule has 2 unspecified atom stereocenters. The lowest BCUT2D eigenvalue weighted by Gasteiger charge is -2.36. The lowest BCUT2D eigenvalue weighted by atomic mass is 10.0. The molecule has 1 aliphatic heterocycles. The number of amides is 1. The number of aliphatic hydroxyl groups is 1. The van der Waals surface area contributed by atoms with E-state index in [2.05, 4.69) is 0 Å². The van der Waals surface area contributed by atoms with E-state index in [9.17, 15) is 9.90 Å². The van der Waals surface area contributed by atoms with Crippen LogP contribution in [0.4, 0.5) is 0 Å². The van der Waals surface area contributed by atoms with E-state index in [0.29, 0.717) is 31.9 Å². The van der Waals surface area contributed by atoms with Crippen molar-refractivity contribution in [1.29, 1.82) is 0 Å². The number of ether oxygens (including phenoxy) is 1. The second-order valence-electron chi connectivity index (χ2n) is 5.89. The van der Waals surface area contributed by atoms with Crippen LogP contribution < -0.4 is 0 Å². The highest BCUT2D eigenvalue weighted by atomic mass is 16.5. The molecule has 1 aromatic heterocycles. The molecule has 1 N–H and O–H groups in total. The number of rotatable bonds is 4. The Morgan fingerprint density at radius 2 is 2.09 bits per heavy atom. The van der Waals surface area contributed by atoms with Crippen molar-refractivity contribution in [2.24, 2.45) is 7.05 Å². The number of hydrogen-bond acceptors (Lipinski definition) is 3. The maximum Gasteiger partial charge on any atom is 0.270 e. The highest BCUT2D eigenvalue weighted by Crippen LogP contribution is 2.23. The molecule has 0 saturated carbocycles. The molecule has 5 nitrogen and oxygen atoms in total. The lowest BCUT2D eigenvalue weighted by molar-refractivity contribution is -0.0178. The van der Waals surface area contributed by atoms with Crippen molar-refractivity contribution in [3.63, 3.8) is 0 Å². The number of benzene rings is 1. The number of aryl methyl sites for hydroxylation is 1. The molecule has 1 aliphatic rings. The topological polar surface area (TPSA) is 54.7 Å². The summed E-state index contributed by atoms with van der Waals surface area (Å²) in [5.74, 6) is -0.00828. The smallest absolute Gasteiger partial charge is 0.270 e. The molecule has 1 aromatic carbocycles. The molecule has 2 heterocycles. The SMILES string of the molecule is Cn1cccc1C(=O)N1CCOCC1CC(O)c1ccccc1. The van der Waals surface area contributed by atoms with Crippen LogP contribution >= 0.6 is 0 Å². The molecule has 5 heteroatoms. The number of aliphatic hydroxyl groups excluding tert-OH is 1. The molecule has 0 bridgehead atoms. The van der Waals surface area contributed by atoms with Crippen molar-refractivity contribution in [2.45, 2.75) is 18.6 Å². The van der Waals surface area contributed by atoms with Crippen LogP contribution in [0.15, 0.2) is 48.7 Å².